The van der Waals surface area contributed by atoms with E-state index in [4.69, 9.17) is 4.74 Å². The Labute approximate surface area is 139 Å². The number of carbonyl (C=O) groups is 1. The van der Waals surface area contributed by atoms with Crippen molar-refractivity contribution in [1.29, 1.82) is 0 Å². The van der Waals surface area contributed by atoms with Crippen LogP contribution in [-0.4, -0.2) is 21.4 Å². The van der Waals surface area contributed by atoms with Gasteiger partial charge in [0.15, 0.2) is 5.60 Å². The second kappa shape index (κ2) is 5.56. The number of carbonyl (C=O) groups excluding carboxylic acids is 1. The first-order valence-corrected chi connectivity index (χ1v) is 7.95. The number of aliphatic hydroxyl groups is 1. The SMILES string of the molecule is C=C(CC)N=C1C(=C)Cn2c1cc1c(c2=O)COC(=O)[C@]1(O)CC. The van der Waals surface area contributed by atoms with Crippen LogP contribution in [0.15, 0.2) is 40.3 Å². The van der Waals surface area contributed by atoms with E-state index in [0.717, 1.165) is 0 Å². The minimum atomic E-state index is -1.81. The predicted molar refractivity (Wildman–Crippen MR) is 89.8 cm³/mol. The molecule has 0 saturated heterocycles. The van der Waals surface area contributed by atoms with Crippen molar-refractivity contribution >= 4 is 11.7 Å². The van der Waals surface area contributed by atoms with E-state index in [0.29, 0.717) is 46.8 Å². The van der Waals surface area contributed by atoms with Gasteiger partial charge in [-0.2, -0.15) is 0 Å². The number of hydrogen-bond donors (Lipinski definition) is 1. The molecule has 3 rings (SSSR count). The lowest BCUT2D eigenvalue weighted by molar-refractivity contribution is -0.172. The Hall–Kier alpha value is -2.47. The molecule has 6 nitrogen and oxygen atoms in total. The number of allylic oxidation sites excluding steroid dienone is 2. The summed E-state index contributed by atoms with van der Waals surface area (Å²) in [6.45, 7) is 11.7. The number of ether oxygens (including phenoxy) is 1. The van der Waals surface area contributed by atoms with Crippen LogP contribution < -0.4 is 5.56 Å². The van der Waals surface area contributed by atoms with Gasteiger partial charge in [-0.05, 0) is 24.5 Å². The molecule has 1 atom stereocenters. The number of hydrogen-bond acceptors (Lipinski definition) is 5. The van der Waals surface area contributed by atoms with E-state index in [-0.39, 0.29) is 18.6 Å². The van der Waals surface area contributed by atoms with E-state index in [1.807, 2.05) is 6.92 Å². The number of aromatic nitrogens is 1. The molecule has 0 radical (unpaired) electrons. The summed E-state index contributed by atoms with van der Waals surface area (Å²) in [5.41, 5.74) is 1.05. The fourth-order valence-electron chi connectivity index (χ4n) is 3.07. The molecular formula is C18H20N2O4. The van der Waals surface area contributed by atoms with Crippen molar-refractivity contribution in [1.82, 2.24) is 4.57 Å². The first-order chi connectivity index (χ1) is 11.3. The summed E-state index contributed by atoms with van der Waals surface area (Å²) in [7, 11) is 0. The van der Waals surface area contributed by atoms with Crippen molar-refractivity contribution in [3.05, 3.63) is 57.7 Å². The van der Waals surface area contributed by atoms with Gasteiger partial charge >= 0.3 is 5.97 Å². The molecule has 2 aliphatic rings. The summed E-state index contributed by atoms with van der Waals surface area (Å²) >= 11 is 0. The topological polar surface area (TPSA) is 80.9 Å². The van der Waals surface area contributed by atoms with Gasteiger partial charge in [0.2, 0.25) is 0 Å². The Morgan fingerprint density at radius 3 is 2.79 bits per heavy atom. The summed E-state index contributed by atoms with van der Waals surface area (Å²) in [6, 6.07) is 1.67. The molecule has 2 aliphatic heterocycles. The summed E-state index contributed by atoms with van der Waals surface area (Å²) in [6.07, 6.45) is 0.800. The molecule has 0 bridgehead atoms. The van der Waals surface area contributed by atoms with Crippen LogP contribution in [0.2, 0.25) is 0 Å². The lowest BCUT2D eigenvalue weighted by Crippen LogP contribution is -2.44. The van der Waals surface area contributed by atoms with Crippen molar-refractivity contribution in [2.24, 2.45) is 4.99 Å². The van der Waals surface area contributed by atoms with E-state index < -0.39 is 11.6 Å². The maximum Gasteiger partial charge on any atom is 0.343 e. The highest BCUT2D eigenvalue weighted by molar-refractivity contribution is 6.13. The molecule has 0 spiro atoms. The van der Waals surface area contributed by atoms with Crippen molar-refractivity contribution in [2.75, 3.05) is 0 Å². The second-order valence-corrected chi connectivity index (χ2v) is 6.09. The lowest BCUT2D eigenvalue weighted by atomic mass is 9.86. The van der Waals surface area contributed by atoms with E-state index >= 15 is 0 Å². The molecule has 1 aromatic rings. The highest BCUT2D eigenvalue weighted by Crippen LogP contribution is 2.35. The number of rotatable bonds is 3. The molecule has 0 fully saturated rings. The number of fused-ring (bicyclic) bond motifs is 2. The maximum atomic E-state index is 12.8. The Kier molecular flexibility index (Phi) is 3.80. The van der Waals surface area contributed by atoms with Gasteiger partial charge in [0.1, 0.15) is 6.61 Å². The molecule has 0 amide bonds. The standard InChI is InChI=1S/C18H20N2O4/c1-5-11(4)19-15-10(3)8-20-14(15)7-13-12(16(20)21)9-24-17(22)18(13,23)6-2/h7,23H,3-6,8-9H2,1-2H3/t18-/m0/s1. The van der Waals surface area contributed by atoms with Gasteiger partial charge in [0.05, 0.1) is 23.5 Å². The predicted octanol–water partition coefficient (Wildman–Crippen LogP) is 1.79. The van der Waals surface area contributed by atoms with Gasteiger partial charge in [-0.25, -0.2) is 4.79 Å². The zero-order valence-electron chi connectivity index (χ0n) is 13.9. The molecule has 6 heteroatoms. The van der Waals surface area contributed by atoms with Crippen LogP contribution >= 0.6 is 0 Å². The zero-order valence-corrected chi connectivity index (χ0v) is 13.9. The highest BCUT2D eigenvalue weighted by atomic mass is 16.6. The number of aliphatic imine (C=N–C) groups is 1. The fourth-order valence-corrected chi connectivity index (χ4v) is 3.07. The van der Waals surface area contributed by atoms with Crippen LogP contribution in [0.3, 0.4) is 0 Å². The molecule has 0 saturated carbocycles. The molecule has 0 aromatic carbocycles. The van der Waals surface area contributed by atoms with Crippen molar-refractivity contribution in [3.63, 3.8) is 0 Å². The lowest BCUT2D eigenvalue weighted by Gasteiger charge is -2.31. The van der Waals surface area contributed by atoms with Gasteiger partial charge < -0.3 is 14.4 Å². The average molecular weight is 328 g/mol. The number of esters is 1. The quantitative estimate of drug-likeness (QED) is 0.858. The first kappa shape index (κ1) is 16.4. The Morgan fingerprint density at radius 1 is 1.46 bits per heavy atom. The van der Waals surface area contributed by atoms with Crippen LogP contribution in [-0.2, 0) is 28.3 Å². The minimum absolute atomic E-state index is 0.122. The van der Waals surface area contributed by atoms with Crippen LogP contribution in [0.5, 0.6) is 0 Å². The van der Waals surface area contributed by atoms with Crippen molar-refractivity contribution < 1.29 is 14.6 Å². The van der Waals surface area contributed by atoms with Gasteiger partial charge in [0.25, 0.3) is 5.56 Å². The van der Waals surface area contributed by atoms with Crippen molar-refractivity contribution in [3.8, 4) is 0 Å². The normalized spacial score (nSPS) is 23.9. The van der Waals surface area contributed by atoms with Crippen LogP contribution in [0.25, 0.3) is 0 Å². The molecule has 0 unspecified atom stereocenters. The molecular weight excluding hydrogens is 308 g/mol. The molecule has 0 aliphatic carbocycles. The first-order valence-electron chi connectivity index (χ1n) is 7.95. The third kappa shape index (κ3) is 2.17. The van der Waals surface area contributed by atoms with E-state index in [1.54, 1.807) is 17.6 Å². The summed E-state index contributed by atoms with van der Waals surface area (Å²) in [5.74, 6) is -0.727. The summed E-state index contributed by atoms with van der Waals surface area (Å²) < 4.78 is 6.57. The van der Waals surface area contributed by atoms with Crippen LogP contribution in [0.4, 0.5) is 0 Å². The van der Waals surface area contributed by atoms with E-state index in [2.05, 4.69) is 18.2 Å². The summed E-state index contributed by atoms with van der Waals surface area (Å²) in [5, 5.41) is 10.7. The van der Waals surface area contributed by atoms with Crippen molar-refractivity contribution in [2.45, 2.75) is 45.4 Å². The van der Waals surface area contributed by atoms with Crippen LogP contribution in [0, 0.1) is 0 Å². The zero-order chi connectivity index (χ0) is 17.6. The highest BCUT2D eigenvalue weighted by Gasteiger charge is 2.45. The molecule has 1 N–H and O–H groups in total. The molecule has 3 heterocycles. The average Bonchev–Trinajstić information content (AvgIpc) is 2.88. The van der Waals surface area contributed by atoms with Gasteiger partial charge in [-0.15, -0.1) is 0 Å². The van der Waals surface area contributed by atoms with E-state index in [1.165, 1.54) is 0 Å². The maximum absolute atomic E-state index is 12.8. The molecule has 24 heavy (non-hydrogen) atoms. The fraction of sp³-hybridized carbons (Fsp3) is 0.389. The third-order valence-corrected chi connectivity index (χ3v) is 4.65. The molecule has 1 aromatic heterocycles. The number of nitrogens with zero attached hydrogens (tertiary/aromatic N) is 2. The Morgan fingerprint density at radius 2 is 2.17 bits per heavy atom. The number of cyclic esters (lactones) is 1. The minimum Gasteiger partial charge on any atom is -0.458 e. The largest absolute Gasteiger partial charge is 0.458 e. The Bertz CT molecular complexity index is 863. The van der Waals surface area contributed by atoms with Gasteiger partial charge in [-0.3, -0.25) is 9.79 Å². The number of pyridine rings is 1. The summed E-state index contributed by atoms with van der Waals surface area (Å²) in [4.78, 5) is 29.3. The second-order valence-electron chi connectivity index (χ2n) is 6.09. The smallest absolute Gasteiger partial charge is 0.343 e. The van der Waals surface area contributed by atoms with Crippen LogP contribution in [0.1, 0.15) is 43.5 Å². The third-order valence-electron chi connectivity index (χ3n) is 4.65. The van der Waals surface area contributed by atoms with E-state index in [9.17, 15) is 14.7 Å². The van der Waals surface area contributed by atoms with Gasteiger partial charge in [-0.1, -0.05) is 27.0 Å². The Balaban J connectivity index is 2.28. The monoisotopic (exact) mass is 328 g/mol. The molecule has 126 valence electrons. The van der Waals surface area contributed by atoms with Gasteiger partial charge in [0, 0.05) is 11.3 Å².